The summed E-state index contributed by atoms with van der Waals surface area (Å²) in [4.78, 5) is 22.8. The first-order valence-electron chi connectivity index (χ1n) is 6.40. The van der Waals surface area contributed by atoms with Crippen LogP contribution in [0.25, 0.3) is 0 Å². The van der Waals surface area contributed by atoms with Crippen LogP contribution in [0.3, 0.4) is 0 Å². The molecule has 2 N–H and O–H groups in total. The van der Waals surface area contributed by atoms with Crippen LogP contribution in [0.1, 0.15) is 22.5 Å². The summed E-state index contributed by atoms with van der Waals surface area (Å²) >= 11 is 1.07. The summed E-state index contributed by atoms with van der Waals surface area (Å²) in [6, 6.07) is 1.35. The number of sulfonamides is 1. The third-order valence-corrected chi connectivity index (χ3v) is 6.42. The van der Waals surface area contributed by atoms with Gasteiger partial charge < -0.3 is 10.4 Å². The lowest BCUT2D eigenvalue weighted by atomic mass is 9.99. The molecule has 9 heteroatoms. The van der Waals surface area contributed by atoms with E-state index in [1.165, 1.54) is 22.8 Å². The van der Waals surface area contributed by atoms with Crippen molar-refractivity contribution in [1.82, 2.24) is 9.62 Å². The molecule has 0 spiro atoms. The Balaban J connectivity index is 2.14. The maximum absolute atomic E-state index is 12.4. The molecule has 0 aliphatic carbocycles. The zero-order valence-electron chi connectivity index (χ0n) is 11.4. The van der Waals surface area contributed by atoms with Crippen molar-refractivity contribution < 1.29 is 23.1 Å². The number of rotatable bonds is 4. The highest BCUT2D eigenvalue weighted by Crippen LogP contribution is 2.26. The molecular weight excluding hydrogens is 316 g/mol. The molecule has 1 aliphatic heterocycles. The summed E-state index contributed by atoms with van der Waals surface area (Å²) in [6.07, 6.45) is 0.613. The molecule has 7 nitrogen and oxygen atoms in total. The number of nitrogens with zero attached hydrogens (tertiary/aromatic N) is 1. The van der Waals surface area contributed by atoms with Gasteiger partial charge in [-0.15, -0.1) is 11.3 Å². The van der Waals surface area contributed by atoms with E-state index in [1.807, 2.05) is 0 Å². The molecule has 0 saturated carbocycles. The van der Waals surface area contributed by atoms with Gasteiger partial charge in [-0.25, -0.2) is 8.42 Å². The molecule has 21 heavy (non-hydrogen) atoms. The zero-order valence-corrected chi connectivity index (χ0v) is 13.0. The molecule has 0 bridgehead atoms. The predicted molar refractivity (Wildman–Crippen MR) is 76.8 cm³/mol. The molecule has 0 atom stereocenters. The average molecular weight is 332 g/mol. The highest BCUT2D eigenvalue weighted by atomic mass is 32.2. The fourth-order valence-corrected chi connectivity index (χ4v) is 4.87. The maximum atomic E-state index is 12.4. The predicted octanol–water partition coefficient (Wildman–Crippen LogP) is 0.593. The summed E-state index contributed by atoms with van der Waals surface area (Å²) in [5.41, 5.74) is 0. The van der Waals surface area contributed by atoms with E-state index in [4.69, 9.17) is 5.11 Å². The minimum Gasteiger partial charge on any atom is -0.481 e. The molecule has 1 aromatic rings. The molecular formula is C12H16N2O5S2. The fourth-order valence-electron chi connectivity index (χ4n) is 2.19. The summed E-state index contributed by atoms with van der Waals surface area (Å²) in [7, 11) is -2.18. The summed E-state index contributed by atoms with van der Waals surface area (Å²) in [5, 5.41) is 12.8. The fraction of sp³-hybridized carbons (Fsp3) is 0.500. The van der Waals surface area contributed by atoms with E-state index in [0.717, 1.165) is 11.3 Å². The van der Waals surface area contributed by atoms with Gasteiger partial charge in [-0.3, -0.25) is 9.59 Å². The second-order valence-electron chi connectivity index (χ2n) is 4.74. The first kappa shape index (κ1) is 15.9. The molecule has 2 rings (SSSR count). The van der Waals surface area contributed by atoms with Gasteiger partial charge >= 0.3 is 5.97 Å². The standard InChI is InChI=1S/C12H16N2O5S2/c1-13-11(15)10-6-9(7-20-10)21(18,19)14-4-2-8(3-5-14)12(16)17/h6-8H,2-5H2,1H3,(H,13,15)(H,16,17). The third-order valence-electron chi connectivity index (χ3n) is 3.47. The Morgan fingerprint density at radius 3 is 2.52 bits per heavy atom. The van der Waals surface area contributed by atoms with Gasteiger partial charge in [0.25, 0.3) is 5.91 Å². The Hall–Kier alpha value is -1.45. The first-order chi connectivity index (χ1) is 9.86. The SMILES string of the molecule is CNC(=O)c1cc(S(=O)(=O)N2CCC(C(=O)O)CC2)cs1. The van der Waals surface area contributed by atoms with Gasteiger partial charge in [0, 0.05) is 25.5 Å². The number of hydrogen-bond acceptors (Lipinski definition) is 5. The smallest absolute Gasteiger partial charge is 0.306 e. The molecule has 2 heterocycles. The number of carbonyl (C=O) groups is 2. The molecule has 1 saturated heterocycles. The topological polar surface area (TPSA) is 104 Å². The van der Waals surface area contributed by atoms with Crippen molar-refractivity contribution in [3.63, 3.8) is 0 Å². The number of carbonyl (C=O) groups excluding carboxylic acids is 1. The van der Waals surface area contributed by atoms with Crippen LogP contribution < -0.4 is 5.32 Å². The van der Waals surface area contributed by atoms with Crippen molar-refractivity contribution in [2.45, 2.75) is 17.7 Å². The number of carboxylic acid groups (broad SMARTS) is 1. The maximum Gasteiger partial charge on any atom is 0.306 e. The molecule has 116 valence electrons. The quantitative estimate of drug-likeness (QED) is 0.840. The second kappa shape index (κ2) is 6.12. The van der Waals surface area contributed by atoms with Crippen LogP contribution in [0.5, 0.6) is 0 Å². The molecule has 1 aliphatic rings. The number of hydrogen-bond donors (Lipinski definition) is 2. The lowest BCUT2D eigenvalue weighted by molar-refractivity contribution is -0.142. The van der Waals surface area contributed by atoms with Crippen molar-refractivity contribution in [3.05, 3.63) is 16.3 Å². The van der Waals surface area contributed by atoms with Gasteiger partial charge in [-0.2, -0.15) is 4.31 Å². The van der Waals surface area contributed by atoms with Gasteiger partial charge in [-0.1, -0.05) is 0 Å². The number of piperidine rings is 1. The van der Waals surface area contributed by atoms with Gasteiger partial charge in [0.05, 0.1) is 15.7 Å². The Bertz CT molecular complexity index is 644. The second-order valence-corrected chi connectivity index (χ2v) is 7.59. The van der Waals surface area contributed by atoms with Crippen molar-refractivity contribution in [3.8, 4) is 0 Å². The lowest BCUT2D eigenvalue weighted by Gasteiger charge is -2.28. The molecule has 1 fully saturated rings. The van der Waals surface area contributed by atoms with Crippen LogP contribution in [0, 0.1) is 5.92 Å². The van der Waals surface area contributed by atoms with Crippen molar-refractivity contribution in [2.24, 2.45) is 5.92 Å². The number of aliphatic carboxylic acids is 1. The Labute approximate surface area is 126 Å². The summed E-state index contributed by atoms with van der Waals surface area (Å²) < 4.78 is 26.2. The van der Waals surface area contributed by atoms with Crippen LogP contribution in [-0.4, -0.2) is 49.8 Å². The largest absolute Gasteiger partial charge is 0.481 e. The Kier molecular flexibility index (Phi) is 4.64. The number of carboxylic acids is 1. The lowest BCUT2D eigenvalue weighted by Crippen LogP contribution is -2.40. The van der Waals surface area contributed by atoms with Gasteiger partial charge in [-0.05, 0) is 18.9 Å². The van der Waals surface area contributed by atoms with E-state index in [0.29, 0.717) is 17.7 Å². The minimum absolute atomic E-state index is 0.0832. The Morgan fingerprint density at radius 2 is 2.00 bits per heavy atom. The van der Waals surface area contributed by atoms with E-state index < -0.39 is 21.9 Å². The van der Waals surface area contributed by atoms with Crippen LogP contribution in [0.4, 0.5) is 0 Å². The van der Waals surface area contributed by atoms with Crippen LogP contribution in [0.2, 0.25) is 0 Å². The van der Waals surface area contributed by atoms with Crippen molar-refractivity contribution in [2.75, 3.05) is 20.1 Å². The first-order valence-corrected chi connectivity index (χ1v) is 8.72. The Morgan fingerprint density at radius 1 is 1.38 bits per heavy atom. The number of thiophene rings is 1. The highest BCUT2D eigenvalue weighted by Gasteiger charge is 2.32. The zero-order chi connectivity index (χ0) is 15.6. The monoisotopic (exact) mass is 332 g/mol. The number of nitrogens with one attached hydrogen (secondary N) is 1. The molecule has 0 aromatic carbocycles. The average Bonchev–Trinajstić information content (AvgIpc) is 2.97. The summed E-state index contributed by atoms with van der Waals surface area (Å²) in [5.74, 6) is -1.70. The van der Waals surface area contributed by atoms with Crippen LogP contribution in [0.15, 0.2) is 16.3 Å². The molecule has 0 radical (unpaired) electrons. The van der Waals surface area contributed by atoms with E-state index in [2.05, 4.69) is 5.32 Å². The van der Waals surface area contributed by atoms with Crippen LogP contribution in [-0.2, 0) is 14.8 Å². The third kappa shape index (κ3) is 3.25. The molecule has 1 aromatic heterocycles. The highest BCUT2D eigenvalue weighted by molar-refractivity contribution is 7.89. The van der Waals surface area contributed by atoms with E-state index in [1.54, 1.807) is 0 Å². The van der Waals surface area contributed by atoms with E-state index in [9.17, 15) is 18.0 Å². The van der Waals surface area contributed by atoms with E-state index in [-0.39, 0.29) is 23.9 Å². The van der Waals surface area contributed by atoms with Crippen molar-refractivity contribution >= 4 is 33.2 Å². The normalized spacial score (nSPS) is 17.6. The van der Waals surface area contributed by atoms with Gasteiger partial charge in [0.2, 0.25) is 10.0 Å². The van der Waals surface area contributed by atoms with Crippen LogP contribution >= 0.6 is 11.3 Å². The van der Waals surface area contributed by atoms with E-state index >= 15 is 0 Å². The number of amides is 1. The molecule has 1 amide bonds. The summed E-state index contributed by atoms with van der Waals surface area (Å²) in [6.45, 7) is 0.370. The molecule has 0 unspecified atom stereocenters. The van der Waals surface area contributed by atoms with Gasteiger partial charge in [0.1, 0.15) is 0 Å². The van der Waals surface area contributed by atoms with Crippen molar-refractivity contribution in [1.29, 1.82) is 0 Å². The minimum atomic E-state index is -3.66. The van der Waals surface area contributed by atoms with Gasteiger partial charge in [0.15, 0.2) is 0 Å².